The zero-order valence-electron chi connectivity index (χ0n) is 20.3. The minimum absolute atomic E-state index is 0.112. The molecule has 1 aliphatic heterocycles. The van der Waals surface area contributed by atoms with Crippen LogP contribution in [-0.4, -0.2) is 62.8 Å². The Labute approximate surface area is 210 Å². The molecule has 0 amide bonds. The van der Waals surface area contributed by atoms with Crippen molar-refractivity contribution in [2.24, 2.45) is 0 Å². The summed E-state index contributed by atoms with van der Waals surface area (Å²) in [6, 6.07) is 6.70. The highest BCUT2D eigenvalue weighted by Gasteiger charge is 2.45. The van der Waals surface area contributed by atoms with Gasteiger partial charge in [-0.15, -0.1) is 0 Å². The third kappa shape index (κ3) is 7.34. The lowest BCUT2D eigenvalue weighted by molar-refractivity contribution is -0.149. The number of nitrogens with one attached hydrogen (secondary N) is 2. The van der Waals surface area contributed by atoms with E-state index >= 15 is 0 Å². The number of rotatable bonds is 11. The summed E-state index contributed by atoms with van der Waals surface area (Å²) in [6.45, 7) is 3.82. The van der Waals surface area contributed by atoms with Gasteiger partial charge in [0.15, 0.2) is 0 Å². The van der Waals surface area contributed by atoms with Crippen LogP contribution in [0.25, 0.3) is 0 Å². The number of carbonyl (C=O) groups is 1. The van der Waals surface area contributed by atoms with Gasteiger partial charge in [-0.3, -0.25) is 23.7 Å². The lowest BCUT2D eigenvalue weighted by Gasteiger charge is -2.30. The maximum Gasteiger partial charge on any atom is 0.459 e. The highest BCUT2D eigenvalue weighted by Crippen LogP contribution is 2.47. The van der Waals surface area contributed by atoms with Gasteiger partial charge >= 0.3 is 19.4 Å². The Balaban J connectivity index is 1.84. The summed E-state index contributed by atoms with van der Waals surface area (Å²) in [5.41, 5.74) is -2.20. The van der Waals surface area contributed by atoms with Crippen molar-refractivity contribution in [1.29, 1.82) is 0 Å². The molecule has 0 unspecified atom stereocenters. The SMILES string of the molecule is CC(C)OC(=O)[C@H](C)N[P@](=O)(Oc1ccccc1)O[C@H](CO)[C@H]1O[C@@H](n2cc(F)c(=O)[nH]c2=O)C[C@@H]1O. The Morgan fingerprint density at radius 3 is 2.59 bits per heavy atom. The smallest absolute Gasteiger partial charge is 0.459 e. The van der Waals surface area contributed by atoms with Crippen molar-refractivity contribution < 1.29 is 42.5 Å². The van der Waals surface area contributed by atoms with Crippen molar-refractivity contribution in [3.63, 3.8) is 0 Å². The number of H-pyrrole nitrogens is 1. The second-order valence-electron chi connectivity index (χ2n) is 8.57. The molecule has 2 aromatic rings. The number of nitrogens with zero attached hydrogens (tertiary/aromatic N) is 1. The topological polar surface area (TPSA) is 178 Å². The fourth-order valence-corrected chi connectivity index (χ4v) is 5.23. The van der Waals surface area contributed by atoms with E-state index in [1.807, 2.05) is 0 Å². The quantitative estimate of drug-likeness (QED) is 0.232. The van der Waals surface area contributed by atoms with Gasteiger partial charge < -0.3 is 24.2 Å². The van der Waals surface area contributed by atoms with Crippen molar-refractivity contribution in [1.82, 2.24) is 14.6 Å². The number of para-hydroxylation sites is 1. The second kappa shape index (κ2) is 12.1. The molecule has 15 heteroatoms. The van der Waals surface area contributed by atoms with Gasteiger partial charge in [-0.2, -0.15) is 9.48 Å². The molecule has 1 fully saturated rings. The third-order valence-corrected chi connectivity index (χ3v) is 6.92. The van der Waals surface area contributed by atoms with Gasteiger partial charge in [-0.1, -0.05) is 18.2 Å². The standard InChI is InChI=1S/C22H29FN3O10P/c1-12(2)33-21(30)13(3)25-37(32,35-14-7-5-4-6-8-14)36-17(11-27)19-16(28)9-18(34-19)26-10-15(23)20(29)24-22(26)31/h4-8,10,12-13,16-19,27-28H,9,11H2,1-3H3,(H,25,32)(H,24,29,31)/t13-,16-,17+,18+,19-,37-/m0/s1. The fourth-order valence-electron chi connectivity index (χ4n) is 3.56. The number of hydrogen-bond acceptors (Lipinski definition) is 10. The van der Waals surface area contributed by atoms with E-state index in [1.54, 1.807) is 37.0 Å². The van der Waals surface area contributed by atoms with E-state index in [-0.39, 0.29) is 12.2 Å². The van der Waals surface area contributed by atoms with Crippen LogP contribution in [0.2, 0.25) is 0 Å². The summed E-state index contributed by atoms with van der Waals surface area (Å²) < 4.78 is 50.1. The minimum atomic E-state index is -4.44. The molecule has 2 heterocycles. The summed E-state index contributed by atoms with van der Waals surface area (Å²) in [5.74, 6) is -1.88. The Hall–Kier alpha value is -2.87. The molecule has 6 atom stereocenters. The van der Waals surface area contributed by atoms with Crippen LogP contribution >= 0.6 is 7.75 Å². The van der Waals surface area contributed by atoms with Crippen LogP contribution in [0.15, 0.2) is 46.1 Å². The number of benzene rings is 1. The maximum atomic E-state index is 13.7. The van der Waals surface area contributed by atoms with E-state index in [9.17, 15) is 33.6 Å². The first-order chi connectivity index (χ1) is 17.4. The van der Waals surface area contributed by atoms with Crippen LogP contribution in [0.3, 0.4) is 0 Å². The van der Waals surface area contributed by atoms with Crippen molar-refractivity contribution in [2.45, 2.75) is 63.9 Å². The molecule has 1 aromatic carbocycles. The molecule has 1 aromatic heterocycles. The lowest BCUT2D eigenvalue weighted by atomic mass is 10.1. The van der Waals surface area contributed by atoms with Crippen LogP contribution in [0.4, 0.5) is 4.39 Å². The van der Waals surface area contributed by atoms with Crippen molar-refractivity contribution in [2.75, 3.05) is 6.61 Å². The largest absolute Gasteiger partial charge is 0.462 e. The molecule has 3 rings (SSSR count). The van der Waals surface area contributed by atoms with Crippen LogP contribution in [0.5, 0.6) is 5.75 Å². The van der Waals surface area contributed by atoms with Crippen molar-refractivity contribution >= 4 is 13.7 Å². The summed E-state index contributed by atoms with van der Waals surface area (Å²) >= 11 is 0. The van der Waals surface area contributed by atoms with Gasteiger partial charge in [0.05, 0.1) is 25.0 Å². The first kappa shape index (κ1) is 28.7. The average molecular weight is 545 g/mol. The van der Waals surface area contributed by atoms with E-state index in [0.717, 1.165) is 4.57 Å². The number of hydrogen-bond donors (Lipinski definition) is 4. The van der Waals surface area contributed by atoms with Gasteiger partial charge in [0.25, 0.3) is 5.56 Å². The number of aromatic nitrogens is 2. The Bertz CT molecular complexity index is 1240. The molecule has 0 saturated carbocycles. The summed E-state index contributed by atoms with van der Waals surface area (Å²) in [6.07, 6.45) is -5.51. The normalized spacial score (nSPS) is 22.8. The minimum Gasteiger partial charge on any atom is -0.462 e. The van der Waals surface area contributed by atoms with E-state index in [4.69, 9.17) is 18.5 Å². The summed E-state index contributed by atoms with van der Waals surface area (Å²) in [5, 5.41) is 23.0. The number of esters is 1. The highest BCUT2D eigenvalue weighted by molar-refractivity contribution is 7.52. The van der Waals surface area contributed by atoms with Crippen LogP contribution in [-0.2, 0) is 23.4 Å². The van der Waals surface area contributed by atoms with Crippen LogP contribution in [0.1, 0.15) is 33.4 Å². The van der Waals surface area contributed by atoms with E-state index < -0.39 is 74.1 Å². The molecule has 204 valence electrons. The Morgan fingerprint density at radius 1 is 1.30 bits per heavy atom. The van der Waals surface area contributed by atoms with Crippen LogP contribution < -0.4 is 20.9 Å². The predicted octanol–water partition coefficient (Wildman–Crippen LogP) is 0.818. The molecule has 13 nitrogen and oxygen atoms in total. The molecule has 0 bridgehead atoms. The monoisotopic (exact) mass is 545 g/mol. The number of aliphatic hydroxyl groups excluding tert-OH is 2. The van der Waals surface area contributed by atoms with Gasteiger partial charge in [0, 0.05) is 6.42 Å². The molecule has 0 radical (unpaired) electrons. The molecule has 1 saturated heterocycles. The van der Waals surface area contributed by atoms with Gasteiger partial charge in [-0.05, 0) is 32.9 Å². The van der Waals surface area contributed by atoms with Crippen molar-refractivity contribution in [3.8, 4) is 5.75 Å². The van der Waals surface area contributed by atoms with Crippen LogP contribution in [0, 0.1) is 5.82 Å². The fraction of sp³-hybridized carbons (Fsp3) is 0.500. The zero-order chi connectivity index (χ0) is 27.3. The number of halogens is 1. The predicted molar refractivity (Wildman–Crippen MR) is 126 cm³/mol. The molecule has 4 N–H and O–H groups in total. The van der Waals surface area contributed by atoms with E-state index in [2.05, 4.69) is 5.09 Å². The van der Waals surface area contributed by atoms with E-state index in [1.165, 1.54) is 19.1 Å². The summed E-state index contributed by atoms with van der Waals surface area (Å²) in [4.78, 5) is 37.5. The van der Waals surface area contributed by atoms with Gasteiger partial charge in [-0.25, -0.2) is 9.36 Å². The Morgan fingerprint density at radius 2 is 1.97 bits per heavy atom. The van der Waals surface area contributed by atoms with Crippen molar-refractivity contribution in [3.05, 3.63) is 63.2 Å². The maximum absolute atomic E-state index is 13.7. The number of ether oxygens (including phenoxy) is 2. The molecule has 1 aliphatic rings. The average Bonchev–Trinajstić information content (AvgIpc) is 3.21. The second-order valence-corrected chi connectivity index (χ2v) is 10.2. The highest BCUT2D eigenvalue weighted by atomic mass is 31.2. The molecule has 0 spiro atoms. The zero-order valence-corrected chi connectivity index (χ0v) is 21.2. The number of aromatic amines is 1. The Kier molecular flexibility index (Phi) is 9.40. The lowest BCUT2D eigenvalue weighted by Crippen LogP contribution is -2.42. The van der Waals surface area contributed by atoms with Gasteiger partial charge in [0.1, 0.15) is 30.2 Å². The first-order valence-corrected chi connectivity index (χ1v) is 12.9. The molecular formula is C22H29FN3O10P. The van der Waals surface area contributed by atoms with Gasteiger partial charge in [0.2, 0.25) is 5.82 Å². The number of aliphatic hydroxyl groups is 2. The number of carbonyl (C=O) groups excluding carboxylic acids is 1. The first-order valence-electron chi connectivity index (χ1n) is 11.4. The molecule has 37 heavy (non-hydrogen) atoms. The van der Waals surface area contributed by atoms with E-state index in [0.29, 0.717) is 6.20 Å². The third-order valence-electron chi connectivity index (χ3n) is 5.22. The molecule has 0 aliphatic carbocycles. The molecular weight excluding hydrogens is 516 g/mol. The summed E-state index contributed by atoms with van der Waals surface area (Å²) in [7, 11) is -4.44.